The van der Waals surface area contributed by atoms with Gasteiger partial charge in [0.2, 0.25) is 5.91 Å². The van der Waals surface area contributed by atoms with E-state index in [-0.39, 0.29) is 42.7 Å². The summed E-state index contributed by atoms with van der Waals surface area (Å²) in [7, 11) is -3.22. The Hall–Kier alpha value is -1.70. The number of halogens is 2. The van der Waals surface area contributed by atoms with Gasteiger partial charge < -0.3 is 9.80 Å². The first-order valence-electron chi connectivity index (χ1n) is 7.87. The summed E-state index contributed by atoms with van der Waals surface area (Å²) in [6.07, 6.45) is 0.632. The number of sulfone groups is 1. The van der Waals surface area contributed by atoms with Crippen molar-refractivity contribution >= 4 is 21.4 Å². The molecule has 0 spiro atoms. The topological polar surface area (TPSA) is 57.7 Å². The number of anilines is 1. The summed E-state index contributed by atoms with van der Waals surface area (Å²) < 4.78 is 49.2. The van der Waals surface area contributed by atoms with Crippen LogP contribution in [0.3, 0.4) is 0 Å². The van der Waals surface area contributed by atoms with Gasteiger partial charge in [0.1, 0.15) is 0 Å². The largest absolute Gasteiger partial charge is 0.370 e. The van der Waals surface area contributed by atoms with Crippen molar-refractivity contribution in [2.45, 2.75) is 23.7 Å². The van der Waals surface area contributed by atoms with E-state index < -0.39 is 15.8 Å². The van der Waals surface area contributed by atoms with E-state index in [1.807, 2.05) is 4.90 Å². The number of carbonyl (C=O) groups is 1. The van der Waals surface area contributed by atoms with Crippen molar-refractivity contribution in [1.29, 1.82) is 0 Å². The molecule has 3 rings (SSSR count). The van der Waals surface area contributed by atoms with Crippen LogP contribution in [-0.4, -0.2) is 57.6 Å². The Morgan fingerprint density at radius 1 is 1.12 bits per heavy atom. The summed E-state index contributed by atoms with van der Waals surface area (Å²) in [5.41, 5.74) is 0.858. The summed E-state index contributed by atoms with van der Waals surface area (Å²) in [4.78, 5) is 16.1. The van der Waals surface area contributed by atoms with Crippen molar-refractivity contribution in [3.63, 3.8) is 0 Å². The molecule has 0 unspecified atom stereocenters. The van der Waals surface area contributed by atoms with Gasteiger partial charge in [-0.15, -0.1) is 0 Å². The minimum absolute atomic E-state index is 0.0606. The zero-order valence-corrected chi connectivity index (χ0v) is 14.2. The van der Waals surface area contributed by atoms with Crippen LogP contribution in [0.5, 0.6) is 0 Å². The average Bonchev–Trinajstić information content (AvgIpc) is 2.45. The van der Waals surface area contributed by atoms with E-state index >= 15 is 0 Å². The Kier molecular flexibility index (Phi) is 4.27. The molecule has 0 bridgehead atoms. The summed E-state index contributed by atoms with van der Waals surface area (Å²) >= 11 is 0. The van der Waals surface area contributed by atoms with Crippen molar-refractivity contribution in [2.75, 3.05) is 37.3 Å². The normalized spacial score (nSPS) is 21.5. The van der Waals surface area contributed by atoms with Crippen LogP contribution in [0.4, 0.5) is 14.5 Å². The summed E-state index contributed by atoms with van der Waals surface area (Å²) in [5, 5.41) is 0. The monoisotopic (exact) mass is 358 g/mol. The number of hydrogen-bond acceptors (Lipinski definition) is 4. The second-order valence-corrected chi connectivity index (χ2v) is 8.56. The van der Waals surface area contributed by atoms with Gasteiger partial charge in [-0.05, 0) is 24.3 Å². The van der Waals surface area contributed by atoms with Crippen LogP contribution in [-0.2, 0) is 14.6 Å². The third-order valence-electron chi connectivity index (χ3n) is 4.67. The van der Waals surface area contributed by atoms with E-state index in [2.05, 4.69) is 0 Å². The van der Waals surface area contributed by atoms with Gasteiger partial charge in [-0.3, -0.25) is 4.79 Å². The van der Waals surface area contributed by atoms with E-state index in [4.69, 9.17) is 0 Å². The molecule has 1 aromatic rings. The van der Waals surface area contributed by atoms with Crippen LogP contribution in [0.25, 0.3) is 0 Å². The number of likely N-dealkylation sites (tertiary alicyclic amines) is 1. The number of benzene rings is 1. The van der Waals surface area contributed by atoms with Crippen molar-refractivity contribution in [3.05, 3.63) is 24.3 Å². The zero-order valence-electron chi connectivity index (χ0n) is 13.4. The van der Waals surface area contributed by atoms with E-state index in [1.165, 1.54) is 4.90 Å². The molecule has 2 aliphatic rings. The second kappa shape index (κ2) is 5.98. The third-order valence-corrected chi connectivity index (χ3v) is 5.80. The highest BCUT2D eigenvalue weighted by Gasteiger charge is 2.40. The number of rotatable bonds is 3. The average molecular weight is 358 g/mol. The number of amides is 1. The highest BCUT2D eigenvalue weighted by atomic mass is 32.2. The first-order chi connectivity index (χ1) is 11.2. The minimum Gasteiger partial charge on any atom is -0.370 e. The van der Waals surface area contributed by atoms with Crippen LogP contribution in [0.1, 0.15) is 12.8 Å². The summed E-state index contributed by atoms with van der Waals surface area (Å²) in [5.74, 6) is -2.88. The molecule has 2 aliphatic heterocycles. The van der Waals surface area contributed by atoms with E-state index in [0.717, 1.165) is 11.9 Å². The van der Waals surface area contributed by atoms with Gasteiger partial charge in [0.25, 0.3) is 5.92 Å². The molecule has 5 nitrogen and oxygen atoms in total. The Labute approximate surface area is 140 Å². The van der Waals surface area contributed by atoms with Gasteiger partial charge in [0, 0.05) is 51.0 Å². The van der Waals surface area contributed by atoms with Crippen molar-refractivity contribution < 1.29 is 22.0 Å². The Balaban J connectivity index is 1.55. The molecule has 0 atom stereocenters. The highest BCUT2D eigenvalue weighted by Crippen LogP contribution is 2.31. The van der Waals surface area contributed by atoms with Gasteiger partial charge in [-0.2, -0.15) is 0 Å². The van der Waals surface area contributed by atoms with E-state index in [0.29, 0.717) is 13.1 Å². The molecule has 1 aromatic carbocycles. The minimum atomic E-state index is -3.22. The molecule has 0 aromatic heterocycles. The van der Waals surface area contributed by atoms with Crippen molar-refractivity contribution in [3.8, 4) is 0 Å². The molecule has 2 saturated heterocycles. The number of nitrogens with zero attached hydrogens (tertiary/aromatic N) is 2. The Morgan fingerprint density at radius 3 is 2.17 bits per heavy atom. The van der Waals surface area contributed by atoms with Gasteiger partial charge in [-0.1, -0.05) is 0 Å². The second-order valence-electron chi connectivity index (χ2n) is 6.55. The third kappa shape index (κ3) is 3.53. The summed E-state index contributed by atoms with van der Waals surface area (Å²) in [6, 6.07) is 6.54. The van der Waals surface area contributed by atoms with Crippen molar-refractivity contribution in [1.82, 2.24) is 4.90 Å². The zero-order chi connectivity index (χ0) is 17.5. The van der Waals surface area contributed by atoms with Crippen LogP contribution in [0, 0.1) is 5.92 Å². The lowest BCUT2D eigenvalue weighted by atomic mass is 9.95. The highest BCUT2D eigenvalue weighted by molar-refractivity contribution is 7.90. The molecule has 0 radical (unpaired) electrons. The molecular weight excluding hydrogens is 338 g/mol. The number of hydrogen-bond donors (Lipinski definition) is 0. The first kappa shape index (κ1) is 17.1. The molecule has 0 aliphatic carbocycles. The predicted octanol–water partition coefficient (Wildman–Crippen LogP) is 1.78. The number of carbonyl (C=O) groups excluding carboxylic acids is 1. The van der Waals surface area contributed by atoms with Gasteiger partial charge in [0.15, 0.2) is 9.84 Å². The summed E-state index contributed by atoms with van der Waals surface area (Å²) in [6.45, 7) is 1.30. The van der Waals surface area contributed by atoms with Crippen LogP contribution < -0.4 is 4.90 Å². The Bertz CT molecular complexity index is 718. The maximum absolute atomic E-state index is 13.1. The van der Waals surface area contributed by atoms with E-state index in [9.17, 15) is 22.0 Å². The molecule has 1 amide bonds. The van der Waals surface area contributed by atoms with Gasteiger partial charge in [0.05, 0.1) is 10.8 Å². The Morgan fingerprint density at radius 2 is 1.67 bits per heavy atom. The van der Waals surface area contributed by atoms with Crippen LogP contribution >= 0.6 is 0 Å². The van der Waals surface area contributed by atoms with Crippen molar-refractivity contribution in [2.24, 2.45) is 5.92 Å². The van der Waals surface area contributed by atoms with Crippen LogP contribution in [0.15, 0.2) is 29.2 Å². The fourth-order valence-electron chi connectivity index (χ4n) is 3.06. The molecule has 0 N–H and O–H groups in total. The van der Waals surface area contributed by atoms with Gasteiger partial charge in [-0.25, -0.2) is 17.2 Å². The molecule has 132 valence electrons. The molecule has 0 saturated carbocycles. The fraction of sp³-hybridized carbons (Fsp3) is 0.562. The van der Waals surface area contributed by atoms with Gasteiger partial charge >= 0.3 is 0 Å². The lowest BCUT2D eigenvalue weighted by molar-refractivity contribution is -0.142. The molecule has 2 fully saturated rings. The van der Waals surface area contributed by atoms with Crippen LogP contribution in [0.2, 0.25) is 0 Å². The van der Waals surface area contributed by atoms with E-state index in [1.54, 1.807) is 24.3 Å². The molecule has 2 heterocycles. The SMILES string of the molecule is CS(=O)(=O)c1ccc(N2CC(C(=O)N3CCC(F)(F)CC3)C2)cc1. The molecule has 8 heteroatoms. The first-order valence-corrected chi connectivity index (χ1v) is 9.76. The standard InChI is InChI=1S/C16H20F2N2O3S/c1-24(22,23)14-4-2-13(3-5-14)20-10-12(11-20)15(21)19-8-6-16(17,18)7-9-19/h2-5,12H,6-11H2,1H3. The lowest BCUT2D eigenvalue weighted by Gasteiger charge is -2.43. The quantitative estimate of drug-likeness (QED) is 0.827. The maximum Gasteiger partial charge on any atom is 0.251 e. The lowest BCUT2D eigenvalue weighted by Crippen LogP contribution is -2.56. The maximum atomic E-state index is 13.1. The molecular formula is C16H20F2N2O3S. The number of alkyl halides is 2. The smallest absolute Gasteiger partial charge is 0.251 e. The molecule has 24 heavy (non-hydrogen) atoms. The predicted molar refractivity (Wildman–Crippen MR) is 86.0 cm³/mol. The fourth-order valence-corrected chi connectivity index (χ4v) is 3.69. The number of piperidine rings is 1.